The van der Waals surface area contributed by atoms with Gasteiger partial charge in [0.2, 0.25) is 16.0 Å². The number of aliphatic imine (C=N–C) groups is 1. The van der Waals surface area contributed by atoms with E-state index in [4.69, 9.17) is 0 Å². The van der Waals surface area contributed by atoms with Crippen LogP contribution in [0.25, 0.3) is 0 Å². The summed E-state index contributed by atoms with van der Waals surface area (Å²) in [6.45, 7) is 7.85. The third-order valence-corrected chi connectivity index (χ3v) is 7.38. The lowest BCUT2D eigenvalue weighted by molar-refractivity contribution is -0.121. The zero-order valence-corrected chi connectivity index (χ0v) is 17.9. The van der Waals surface area contributed by atoms with Gasteiger partial charge in [-0.2, -0.15) is 0 Å². The van der Waals surface area contributed by atoms with Crippen LogP contribution in [0.5, 0.6) is 0 Å². The van der Waals surface area contributed by atoms with Crippen molar-refractivity contribution in [2.24, 2.45) is 10.9 Å². The first-order chi connectivity index (χ1) is 13.5. The van der Waals surface area contributed by atoms with E-state index in [1.54, 1.807) is 19.9 Å². The number of rotatable bonds is 6. The highest BCUT2D eigenvalue weighted by Crippen LogP contribution is 2.38. The van der Waals surface area contributed by atoms with Crippen LogP contribution in [0.3, 0.4) is 0 Å². The Morgan fingerprint density at radius 2 is 2.03 bits per heavy atom. The number of fused-ring (bicyclic) bond motifs is 3. The second-order valence-electron chi connectivity index (χ2n) is 8.72. The van der Waals surface area contributed by atoms with Gasteiger partial charge in [0.25, 0.3) is 5.91 Å². The number of ketones is 1. The third-order valence-electron chi connectivity index (χ3n) is 5.75. The van der Waals surface area contributed by atoms with Crippen molar-refractivity contribution in [1.82, 2.24) is 9.62 Å². The van der Waals surface area contributed by atoms with Crippen LogP contribution in [0.15, 0.2) is 28.1 Å². The largest absolute Gasteiger partial charge is 0.307 e. The fraction of sp³-hybridized carbons (Fsp3) is 0.550. The lowest BCUT2D eigenvalue weighted by Crippen LogP contribution is -2.54. The quantitative estimate of drug-likeness (QED) is 0.759. The number of sulfonamides is 1. The number of guanidine groups is 1. The second-order valence-corrected chi connectivity index (χ2v) is 10.4. The Morgan fingerprint density at radius 1 is 1.34 bits per heavy atom. The predicted octanol–water partition coefficient (Wildman–Crippen LogP) is 1.76. The highest BCUT2D eigenvalue weighted by Gasteiger charge is 2.43. The first kappa shape index (κ1) is 20.0. The minimum absolute atomic E-state index is 0.0134. The molecule has 0 unspecified atom stereocenters. The van der Waals surface area contributed by atoms with E-state index in [0.29, 0.717) is 18.2 Å². The Morgan fingerprint density at radius 3 is 2.66 bits per heavy atom. The van der Waals surface area contributed by atoms with Crippen LogP contribution in [0.4, 0.5) is 5.69 Å². The molecule has 1 amide bonds. The molecule has 1 aliphatic carbocycles. The van der Waals surface area contributed by atoms with E-state index in [-0.39, 0.29) is 34.7 Å². The van der Waals surface area contributed by atoms with E-state index < -0.39 is 21.5 Å². The Balaban J connectivity index is 1.75. The summed E-state index contributed by atoms with van der Waals surface area (Å²) < 4.78 is 28.3. The van der Waals surface area contributed by atoms with E-state index in [0.717, 1.165) is 12.8 Å². The van der Waals surface area contributed by atoms with Gasteiger partial charge in [-0.25, -0.2) is 13.1 Å². The van der Waals surface area contributed by atoms with Gasteiger partial charge in [-0.15, -0.1) is 0 Å². The first-order valence-corrected chi connectivity index (χ1v) is 11.4. The molecule has 9 heteroatoms. The van der Waals surface area contributed by atoms with Gasteiger partial charge in [-0.05, 0) is 44.9 Å². The van der Waals surface area contributed by atoms with E-state index >= 15 is 0 Å². The molecule has 8 nitrogen and oxygen atoms in total. The van der Waals surface area contributed by atoms with E-state index in [2.05, 4.69) is 9.71 Å². The highest BCUT2D eigenvalue weighted by molar-refractivity contribution is 7.89. The minimum atomic E-state index is -3.74. The normalized spacial score (nSPS) is 22.4. The number of carbonyl (C=O) groups is 2. The van der Waals surface area contributed by atoms with Crippen LogP contribution in [0, 0.1) is 5.92 Å². The number of nitrogens with one attached hydrogen (secondary N) is 1. The lowest BCUT2D eigenvalue weighted by Gasteiger charge is -2.38. The first-order valence-electron chi connectivity index (χ1n) is 9.89. The smallest absolute Gasteiger partial charge is 0.263 e. The molecule has 1 aromatic carbocycles. The van der Waals surface area contributed by atoms with Crippen molar-refractivity contribution in [3.05, 3.63) is 23.8 Å². The van der Waals surface area contributed by atoms with Crippen molar-refractivity contribution in [3.63, 3.8) is 0 Å². The number of nitrogens with zero attached hydrogens (tertiary/aromatic N) is 3. The molecular formula is C20H26N4O4S. The Hall–Kier alpha value is -2.26. The molecule has 156 valence electrons. The van der Waals surface area contributed by atoms with Gasteiger partial charge in [0, 0.05) is 11.5 Å². The van der Waals surface area contributed by atoms with Gasteiger partial charge >= 0.3 is 0 Å². The molecule has 3 aliphatic rings. The molecule has 0 bridgehead atoms. The number of hydrogen-bond acceptors (Lipinski definition) is 6. The molecule has 0 saturated heterocycles. The van der Waals surface area contributed by atoms with Gasteiger partial charge in [0.1, 0.15) is 0 Å². The molecule has 1 aromatic rings. The summed E-state index contributed by atoms with van der Waals surface area (Å²) in [7, 11) is -3.74. The van der Waals surface area contributed by atoms with Crippen molar-refractivity contribution in [2.45, 2.75) is 57.0 Å². The fourth-order valence-corrected chi connectivity index (χ4v) is 5.07. The molecule has 4 rings (SSSR count). The summed E-state index contributed by atoms with van der Waals surface area (Å²) in [6.07, 6.45) is 1.60. The number of benzene rings is 1. The van der Waals surface area contributed by atoms with Gasteiger partial charge < -0.3 is 4.90 Å². The molecule has 0 spiro atoms. The summed E-state index contributed by atoms with van der Waals surface area (Å²) in [5.74, 6) is -0.223. The molecule has 1 atom stereocenters. The summed E-state index contributed by atoms with van der Waals surface area (Å²) in [5.41, 5.74) is 0.499. The molecule has 1 fully saturated rings. The number of anilines is 1. The highest BCUT2D eigenvalue weighted by atomic mass is 32.2. The zero-order valence-electron chi connectivity index (χ0n) is 17.1. The topological polar surface area (TPSA) is 99.2 Å². The van der Waals surface area contributed by atoms with E-state index in [1.807, 2.05) is 18.7 Å². The van der Waals surface area contributed by atoms with Crippen LogP contribution in [0.1, 0.15) is 50.9 Å². The van der Waals surface area contributed by atoms with Gasteiger partial charge in [-0.1, -0.05) is 13.8 Å². The Labute approximate surface area is 171 Å². The SMILES string of the molecule is CC(C)C(=O)CN1C(=O)c2cc(S(=O)(=O)NC3(C)CC3)ccc2N2C1=NC[C@H]2C. The standard InChI is InChI=1S/C20H26N4O4S/c1-12(2)17(25)11-23-18(26)15-9-14(29(27,28)22-20(4)7-8-20)5-6-16(15)24-13(3)10-21-19(23)24/h5-6,9,12-13,22H,7-8,10-11H2,1-4H3/t13-/m1/s1. The van der Waals surface area contributed by atoms with Crippen molar-refractivity contribution in [2.75, 3.05) is 18.0 Å². The Kier molecular flexibility index (Phi) is 4.58. The van der Waals surface area contributed by atoms with Gasteiger partial charge in [0.05, 0.1) is 35.3 Å². The predicted molar refractivity (Wildman–Crippen MR) is 110 cm³/mol. The lowest BCUT2D eigenvalue weighted by atomic mass is 10.0. The van der Waals surface area contributed by atoms with Crippen molar-refractivity contribution in [3.8, 4) is 0 Å². The van der Waals surface area contributed by atoms with Crippen molar-refractivity contribution < 1.29 is 18.0 Å². The maximum absolute atomic E-state index is 13.3. The molecular weight excluding hydrogens is 392 g/mol. The van der Waals surface area contributed by atoms with E-state index in [1.165, 1.54) is 17.0 Å². The van der Waals surface area contributed by atoms with Crippen LogP contribution in [-0.4, -0.2) is 55.6 Å². The van der Waals surface area contributed by atoms with Crippen molar-refractivity contribution in [1.29, 1.82) is 0 Å². The molecule has 2 heterocycles. The average Bonchev–Trinajstić information content (AvgIpc) is 3.23. The maximum Gasteiger partial charge on any atom is 0.263 e. The molecule has 0 radical (unpaired) electrons. The van der Waals surface area contributed by atoms with Crippen LogP contribution >= 0.6 is 0 Å². The summed E-state index contributed by atoms with van der Waals surface area (Å²) in [4.78, 5) is 33.4. The number of carbonyl (C=O) groups excluding carboxylic acids is 2. The summed E-state index contributed by atoms with van der Waals surface area (Å²) in [6, 6.07) is 4.62. The third kappa shape index (κ3) is 3.46. The number of Topliss-reactive ketones (excluding diaryl/α,β-unsaturated/α-hetero) is 1. The van der Waals surface area contributed by atoms with Crippen LogP contribution in [0.2, 0.25) is 0 Å². The van der Waals surface area contributed by atoms with Crippen LogP contribution in [-0.2, 0) is 14.8 Å². The molecule has 1 N–H and O–H groups in total. The maximum atomic E-state index is 13.3. The second kappa shape index (κ2) is 6.63. The average molecular weight is 419 g/mol. The summed E-state index contributed by atoms with van der Waals surface area (Å²) >= 11 is 0. The number of hydrogen-bond donors (Lipinski definition) is 1. The molecule has 1 saturated carbocycles. The molecule has 29 heavy (non-hydrogen) atoms. The summed E-state index contributed by atoms with van der Waals surface area (Å²) in [5, 5.41) is 0. The van der Waals surface area contributed by atoms with Gasteiger partial charge in [0.15, 0.2) is 5.78 Å². The monoisotopic (exact) mass is 418 g/mol. The number of amides is 1. The van der Waals surface area contributed by atoms with E-state index in [9.17, 15) is 18.0 Å². The minimum Gasteiger partial charge on any atom is -0.307 e. The fourth-order valence-electron chi connectivity index (χ4n) is 3.58. The van der Waals surface area contributed by atoms with Crippen molar-refractivity contribution >= 4 is 33.4 Å². The Bertz CT molecular complexity index is 1030. The molecule has 2 aliphatic heterocycles. The molecule has 0 aromatic heterocycles. The van der Waals surface area contributed by atoms with Crippen LogP contribution < -0.4 is 9.62 Å². The van der Waals surface area contributed by atoms with Gasteiger partial charge in [-0.3, -0.25) is 19.5 Å². The zero-order chi connectivity index (χ0) is 21.1.